The van der Waals surface area contributed by atoms with Crippen LogP contribution >= 0.6 is 15.9 Å². The van der Waals surface area contributed by atoms with Gasteiger partial charge in [-0.25, -0.2) is 9.67 Å². The summed E-state index contributed by atoms with van der Waals surface area (Å²) >= 11 is 3.27. The smallest absolute Gasteiger partial charge is 0.195 e. The Kier molecular flexibility index (Phi) is 2.08. The Morgan fingerprint density at radius 1 is 1.50 bits per heavy atom. The molecule has 56 valence electrons. The number of rotatable bonds is 1. The minimum absolute atomic E-state index is 0.400. The Bertz CT molecular complexity index is 209. The van der Waals surface area contributed by atoms with Gasteiger partial charge < -0.3 is 0 Å². The van der Waals surface area contributed by atoms with Crippen molar-refractivity contribution in [1.82, 2.24) is 14.8 Å². The lowest BCUT2D eigenvalue weighted by Crippen LogP contribution is -1.93. The molecule has 1 aromatic rings. The third-order valence-corrected chi connectivity index (χ3v) is 1.93. The van der Waals surface area contributed by atoms with Crippen molar-refractivity contribution < 1.29 is 0 Å². The van der Waals surface area contributed by atoms with Crippen molar-refractivity contribution in [3.63, 3.8) is 0 Å². The highest BCUT2D eigenvalue weighted by Gasteiger charge is 2.06. The van der Waals surface area contributed by atoms with E-state index < -0.39 is 0 Å². The number of aryl methyl sites for hydroxylation is 1. The van der Waals surface area contributed by atoms with Crippen LogP contribution in [0.1, 0.15) is 25.6 Å². The fourth-order valence-electron chi connectivity index (χ4n) is 0.629. The van der Waals surface area contributed by atoms with Crippen LogP contribution in [0.5, 0.6) is 0 Å². The summed E-state index contributed by atoms with van der Waals surface area (Å²) in [4.78, 5) is 4.18. The summed E-state index contributed by atoms with van der Waals surface area (Å²) < 4.78 is 2.51. The molecule has 0 aliphatic heterocycles. The molecule has 0 aliphatic carbocycles. The van der Waals surface area contributed by atoms with Gasteiger partial charge in [0.2, 0.25) is 0 Å². The van der Waals surface area contributed by atoms with Crippen LogP contribution in [0.25, 0.3) is 0 Å². The van der Waals surface area contributed by atoms with Gasteiger partial charge in [-0.1, -0.05) is 13.8 Å². The largest absolute Gasteiger partial charge is 0.243 e. The summed E-state index contributed by atoms with van der Waals surface area (Å²) in [6.07, 6.45) is 0. The first-order chi connectivity index (χ1) is 4.61. The second-order valence-corrected chi connectivity index (χ2v) is 3.23. The first kappa shape index (κ1) is 7.72. The molecule has 0 saturated carbocycles. The van der Waals surface area contributed by atoms with Crippen molar-refractivity contribution in [2.24, 2.45) is 7.05 Å². The van der Waals surface area contributed by atoms with Gasteiger partial charge in [0.1, 0.15) is 0 Å². The zero-order valence-corrected chi connectivity index (χ0v) is 7.88. The Balaban J connectivity index is 2.98. The Morgan fingerprint density at radius 3 is 2.30 bits per heavy atom. The fraction of sp³-hybridized carbons (Fsp3) is 0.667. The first-order valence-corrected chi connectivity index (χ1v) is 3.97. The van der Waals surface area contributed by atoms with Crippen LogP contribution in [0, 0.1) is 0 Å². The highest BCUT2D eigenvalue weighted by Crippen LogP contribution is 2.12. The molecule has 0 bridgehead atoms. The van der Waals surface area contributed by atoms with E-state index in [1.807, 2.05) is 7.05 Å². The van der Waals surface area contributed by atoms with Crippen molar-refractivity contribution in [1.29, 1.82) is 0 Å². The molecule has 1 rings (SSSR count). The summed E-state index contributed by atoms with van der Waals surface area (Å²) in [5, 5.41) is 4.17. The van der Waals surface area contributed by atoms with E-state index in [4.69, 9.17) is 0 Å². The lowest BCUT2D eigenvalue weighted by molar-refractivity contribution is 0.702. The van der Waals surface area contributed by atoms with Gasteiger partial charge in [-0.3, -0.25) is 0 Å². The highest BCUT2D eigenvalue weighted by atomic mass is 79.9. The van der Waals surface area contributed by atoms with E-state index in [0.717, 1.165) is 10.6 Å². The number of hydrogen-bond acceptors (Lipinski definition) is 2. The quantitative estimate of drug-likeness (QED) is 0.696. The first-order valence-electron chi connectivity index (χ1n) is 3.17. The second kappa shape index (κ2) is 2.70. The van der Waals surface area contributed by atoms with E-state index in [0.29, 0.717) is 5.92 Å². The number of aromatic nitrogens is 3. The maximum Gasteiger partial charge on any atom is 0.195 e. The average molecular weight is 204 g/mol. The molecule has 0 radical (unpaired) electrons. The van der Waals surface area contributed by atoms with Crippen molar-refractivity contribution in [3.8, 4) is 0 Å². The topological polar surface area (TPSA) is 30.7 Å². The summed E-state index contributed by atoms with van der Waals surface area (Å²) in [6.45, 7) is 4.14. The van der Waals surface area contributed by atoms with Gasteiger partial charge in [-0.2, -0.15) is 5.10 Å². The van der Waals surface area contributed by atoms with Crippen molar-refractivity contribution in [2.45, 2.75) is 19.8 Å². The van der Waals surface area contributed by atoms with Crippen LogP contribution < -0.4 is 0 Å². The zero-order chi connectivity index (χ0) is 7.72. The minimum atomic E-state index is 0.400. The van der Waals surface area contributed by atoms with Crippen molar-refractivity contribution >= 4 is 15.9 Å². The predicted octanol–water partition coefficient (Wildman–Crippen LogP) is 1.70. The van der Waals surface area contributed by atoms with Gasteiger partial charge >= 0.3 is 0 Å². The highest BCUT2D eigenvalue weighted by molar-refractivity contribution is 9.10. The van der Waals surface area contributed by atoms with E-state index >= 15 is 0 Å². The standard InChI is InChI=1S/C6H10BrN3/c1-4(2)5-8-6(7)10(3)9-5/h4H,1-3H3. The van der Waals surface area contributed by atoms with E-state index in [-0.39, 0.29) is 0 Å². The fourth-order valence-corrected chi connectivity index (χ4v) is 0.890. The lowest BCUT2D eigenvalue weighted by atomic mass is 10.2. The molecule has 0 unspecified atom stereocenters. The number of halogens is 1. The van der Waals surface area contributed by atoms with Crippen LogP contribution in [0.3, 0.4) is 0 Å². The number of hydrogen-bond donors (Lipinski definition) is 0. The lowest BCUT2D eigenvalue weighted by Gasteiger charge is -1.93. The van der Waals surface area contributed by atoms with Crippen LogP contribution in [0.4, 0.5) is 0 Å². The Labute approximate surface area is 68.6 Å². The molecule has 0 aliphatic rings. The average Bonchev–Trinajstić information content (AvgIpc) is 2.13. The molecule has 1 heterocycles. The minimum Gasteiger partial charge on any atom is -0.243 e. The molecule has 10 heavy (non-hydrogen) atoms. The molecular weight excluding hydrogens is 194 g/mol. The van der Waals surface area contributed by atoms with Gasteiger partial charge in [0.25, 0.3) is 0 Å². The molecular formula is C6H10BrN3. The van der Waals surface area contributed by atoms with Gasteiger partial charge in [0, 0.05) is 13.0 Å². The van der Waals surface area contributed by atoms with Gasteiger partial charge in [-0.05, 0) is 15.9 Å². The van der Waals surface area contributed by atoms with Gasteiger partial charge in [0.05, 0.1) is 0 Å². The number of nitrogens with zero attached hydrogens (tertiary/aromatic N) is 3. The maximum absolute atomic E-state index is 4.18. The van der Waals surface area contributed by atoms with Crippen molar-refractivity contribution in [3.05, 3.63) is 10.6 Å². The van der Waals surface area contributed by atoms with Crippen LogP contribution in [0.2, 0.25) is 0 Å². The molecule has 0 fully saturated rings. The second-order valence-electron chi connectivity index (χ2n) is 2.52. The molecule has 4 heteroatoms. The summed E-state index contributed by atoms with van der Waals surface area (Å²) in [7, 11) is 1.86. The summed E-state index contributed by atoms with van der Waals surface area (Å²) in [5.41, 5.74) is 0. The van der Waals surface area contributed by atoms with E-state index in [1.165, 1.54) is 0 Å². The Morgan fingerprint density at radius 2 is 2.10 bits per heavy atom. The zero-order valence-electron chi connectivity index (χ0n) is 6.30. The molecule has 3 nitrogen and oxygen atoms in total. The Hall–Kier alpha value is -0.380. The molecule has 0 amide bonds. The molecule has 1 aromatic heterocycles. The van der Waals surface area contributed by atoms with Crippen LogP contribution in [-0.2, 0) is 7.05 Å². The summed E-state index contributed by atoms with van der Waals surface area (Å²) in [6, 6.07) is 0. The monoisotopic (exact) mass is 203 g/mol. The molecule has 0 spiro atoms. The molecule has 0 N–H and O–H groups in total. The third kappa shape index (κ3) is 1.37. The predicted molar refractivity (Wildman–Crippen MR) is 42.8 cm³/mol. The molecule has 0 atom stereocenters. The molecule has 0 aromatic carbocycles. The van der Waals surface area contributed by atoms with Gasteiger partial charge in [-0.15, -0.1) is 0 Å². The van der Waals surface area contributed by atoms with Crippen molar-refractivity contribution in [2.75, 3.05) is 0 Å². The maximum atomic E-state index is 4.18. The third-order valence-electron chi connectivity index (χ3n) is 1.24. The van der Waals surface area contributed by atoms with E-state index in [1.54, 1.807) is 4.68 Å². The van der Waals surface area contributed by atoms with Crippen LogP contribution in [0.15, 0.2) is 4.73 Å². The van der Waals surface area contributed by atoms with Gasteiger partial charge in [0.15, 0.2) is 10.6 Å². The van der Waals surface area contributed by atoms with Crippen LogP contribution in [-0.4, -0.2) is 14.8 Å². The SMILES string of the molecule is CC(C)c1nc(Br)n(C)n1. The van der Waals surface area contributed by atoms with E-state index in [2.05, 4.69) is 39.9 Å². The normalized spacial score (nSPS) is 10.9. The summed E-state index contributed by atoms with van der Waals surface area (Å²) in [5.74, 6) is 1.28. The molecule has 0 saturated heterocycles. The van der Waals surface area contributed by atoms with E-state index in [9.17, 15) is 0 Å².